The SMILES string of the molecule is CC(C)OCCN(C)Cc1sccc1C#CCO. The Hall–Kier alpha value is -0.860. The van der Waals surface area contributed by atoms with Gasteiger partial charge in [0.25, 0.3) is 0 Å². The lowest BCUT2D eigenvalue weighted by molar-refractivity contribution is 0.0628. The molecule has 1 aromatic rings. The molecule has 0 bridgehead atoms. The highest BCUT2D eigenvalue weighted by atomic mass is 32.1. The molecule has 0 spiro atoms. The van der Waals surface area contributed by atoms with Gasteiger partial charge in [-0.3, -0.25) is 4.90 Å². The van der Waals surface area contributed by atoms with Crippen molar-refractivity contribution in [2.24, 2.45) is 0 Å². The van der Waals surface area contributed by atoms with Gasteiger partial charge in [-0.25, -0.2) is 0 Å². The Morgan fingerprint density at radius 3 is 2.94 bits per heavy atom. The van der Waals surface area contributed by atoms with E-state index in [1.165, 1.54) is 4.88 Å². The fraction of sp³-hybridized carbons (Fsp3) is 0.571. The summed E-state index contributed by atoms with van der Waals surface area (Å²) in [7, 11) is 2.08. The Morgan fingerprint density at radius 1 is 1.50 bits per heavy atom. The van der Waals surface area contributed by atoms with E-state index in [2.05, 4.69) is 23.8 Å². The van der Waals surface area contributed by atoms with Crippen LogP contribution in [-0.2, 0) is 11.3 Å². The van der Waals surface area contributed by atoms with Gasteiger partial charge in [0.2, 0.25) is 0 Å². The minimum atomic E-state index is -0.0899. The first kappa shape index (κ1) is 15.2. The van der Waals surface area contributed by atoms with Gasteiger partial charge >= 0.3 is 0 Å². The van der Waals surface area contributed by atoms with Crippen molar-refractivity contribution in [2.45, 2.75) is 26.5 Å². The van der Waals surface area contributed by atoms with Crippen LogP contribution in [0.5, 0.6) is 0 Å². The molecule has 0 atom stereocenters. The Bertz CT molecular complexity index is 403. The molecular weight excluding hydrogens is 246 g/mol. The third-order valence-corrected chi connectivity index (χ3v) is 3.29. The Labute approximate surface area is 113 Å². The molecule has 0 amide bonds. The molecule has 18 heavy (non-hydrogen) atoms. The van der Waals surface area contributed by atoms with Crippen molar-refractivity contribution in [2.75, 3.05) is 26.8 Å². The van der Waals surface area contributed by atoms with Crippen LogP contribution in [0.15, 0.2) is 11.4 Å². The monoisotopic (exact) mass is 267 g/mol. The van der Waals surface area contributed by atoms with E-state index < -0.39 is 0 Å². The summed E-state index contributed by atoms with van der Waals surface area (Å²) in [5, 5.41) is 10.7. The van der Waals surface area contributed by atoms with Gasteiger partial charge in [-0.15, -0.1) is 11.3 Å². The number of thiophene rings is 1. The topological polar surface area (TPSA) is 32.7 Å². The number of aliphatic hydroxyl groups excluding tert-OH is 1. The van der Waals surface area contributed by atoms with Crippen LogP contribution in [0.2, 0.25) is 0 Å². The molecule has 0 fully saturated rings. The van der Waals surface area contributed by atoms with Gasteiger partial charge in [0.05, 0.1) is 12.7 Å². The predicted octanol–water partition coefficient (Wildman–Crippen LogP) is 1.95. The largest absolute Gasteiger partial charge is 0.384 e. The maximum atomic E-state index is 8.71. The van der Waals surface area contributed by atoms with Crippen LogP contribution < -0.4 is 0 Å². The van der Waals surface area contributed by atoms with Gasteiger partial charge in [-0.2, -0.15) is 0 Å². The van der Waals surface area contributed by atoms with E-state index in [4.69, 9.17) is 9.84 Å². The number of ether oxygens (including phenoxy) is 1. The van der Waals surface area contributed by atoms with Crippen LogP contribution in [0, 0.1) is 11.8 Å². The molecule has 1 heterocycles. The molecule has 0 radical (unpaired) electrons. The zero-order valence-electron chi connectivity index (χ0n) is 11.3. The summed E-state index contributed by atoms with van der Waals surface area (Å²) in [4.78, 5) is 3.46. The fourth-order valence-electron chi connectivity index (χ4n) is 1.48. The van der Waals surface area contributed by atoms with Crippen molar-refractivity contribution in [3.05, 3.63) is 21.9 Å². The number of rotatable bonds is 6. The number of aliphatic hydroxyl groups is 1. The maximum absolute atomic E-state index is 8.71. The molecule has 4 heteroatoms. The lowest BCUT2D eigenvalue weighted by atomic mass is 10.2. The fourth-order valence-corrected chi connectivity index (χ4v) is 2.39. The first-order valence-electron chi connectivity index (χ1n) is 6.09. The smallest absolute Gasteiger partial charge is 0.104 e. The molecule has 100 valence electrons. The molecule has 3 nitrogen and oxygen atoms in total. The van der Waals surface area contributed by atoms with Crippen LogP contribution in [0.1, 0.15) is 24.3 Å². The number of hydrogen-bond donors (Lipinski definition) is 1. The third kappa shape index (κ3) is 5.65. The van der Waals surface area contributed by atoms with E-state index in [0.717, 1.165) is 25.3 Å². The highest BCUT2D eigenvalue weighted by molar-refractivity contribution is 7.10. The summed E-state index contributed by atoms with van der Waals surface area (Å²) in [6.07, 6.45) is 0.283. The molecule has 0 saturated heterocycles. The molecule has 1 aromatic heterocycles. The average molecular weight is 267 g/mol. The Balaban J connectivity index is 2.44. The summed E-state index contributed by atoms with van der Waals surface area (Å²) in [5.74, 6) is 5.67. The summed E-state index contributed by atoms with van der Waals surface area (Å²) in [6.45, 7) is 6.52. The molecule has 0 aliphatic heterocycles. The minimum Gasteiger partial charge on any atom is -0.384 e. The van der Waals surface area contributed by atoms with E-state index in [1.807, 2.05) is 25.3 Å². The molecular formula is C14H21NO2S. The van der Waals surface area contributed by atoms with Gasteiger partial charge < -0.3 is 9.84 Å². The second-order valence-corrected chi connectivity index (χ2v) is 5.38. The first-order valence-corrected chi connectivity index (χ1v) is 6.97. The third-order valence-electron chi connectivity index (χ3n) is 2.39. The van der Waals surface area contributed by atoms with Gasteiger partial charge in [0.15, 0.2) is 0 Å². The number of likely N-dealkylation sites (N-methyl/N-ethyl adjacent to an activating group) is 1. The van der Waals surface area contributed by atoms with Gasteiger partial charge in [0, 0.05) is 23.5 Å². The standard InChI is InChI=1S/C14H21NO2S/c1-12(2)17-9-7-15(3)11-14-13(5-4-8-16)6-10-18-14/h6,10,12,16H,7-9,11H2,1-3H3. The molecule has 0 aromatic carbocycles. The molecule has 0 aliphatic rings. The van der Waals surface area contributed by atoms with Gasteiger partial charge in [-0.1, -0.05) is 11.8 Å². The van der Waals surface area contributed by atoms with Crippen molar-refractivity contribution in [1.82, 2.24) is 4.90 Å². The summed E-state index contributed by atoms with van der Waals surface area (Å²) in [6, 6.07) is 2.00. The predicted molar refractivity (Wildman–Crippen MR) is 75.7 cm³/mol. The van der Waals surface area contributed by atoms with E-state index in [9.17, 15) is 0 Å². The highest BCUT2D eigenvalue weighted by Gasteiger charge is 2.06. The van der Waals surface area contributed by atoms with Crippen LogP contribution in [0.3, 0.4) is 0 Å². The molecule has 0 aliphatic carbocycles. The van der Waals surface area contributed by atoms with Crippen LogP contribution in [0.25, 0.3) is 0 Å². The van der Waals surface area contributed by atoms with Crippen LogP contribution in [-0.4, -0.2) is 42.9 Å². The Kier molecular flexibility index (Phi) is 6.99. The highest BCUT2D eigenvalue weighted by Crippen LogP contribution is 2.17. The second kappa shape index (κ2) is 8.28. The molecule has 0 saturated carbocycles. The summed E-state index contributed by atoms with van der Waals surface area (Å²) < 4.78 is 5.53. The number of hydrogen-bond acceptors (Lipinski definition) is 4. The molecule has 1 N–H and O–H groups in total. The average Bonchev–Trinajstić information content (AvgIpc) is 2.73. The first-order chi connectivity index (χ1) is 8.63. The lowest BCUT2D eigenvalue weighted by Gasteiger charge is -2.17. The zero-order valence-corrected chi connectivity index (χ0v) is 12.1. The van der Waals surface area contributed by atoms with Crippen molar-refractivity contribution in [1.29, 1.82) is 0 Å². The second-order valence-electron chi connectivity index (χ2n) is 4.37. The van der Waals surface area contributed by atoms with Crippen LogP contribution >= 0.6 is 11.3 Å². The lowest BCUT2D eigenvalue weighted by Crippen LogP contribution is -2.23. The van der Waals surface area contributed by atoms with Crippen LogP contribution in [0.4, 0.5) is 0 Å². The minimum absolute atomic E-state index is 0.0899. The van der Waals surface area contributed by atoms with E-state index in [0.29, 0.717) is 0 Å². The van der Waals surface area contributed by atoms with E-state index in [-0.39, 0.29) is 12.7 Å². The van der Waals surface area contributed by atoms with Crippen molar-refractivity contribution in [3.63, 3.8) is 0 Å². The zero-order chi connectivity index (χ0) is 13.4. The van der Waals surface area contributed by atoms with Crippen molar-refractivity contribution < 1.29 is 9.84 Å². The Morgan fingerprint density at radius 2 is 2.28 bits per heavy atom. The molecule has 0 unspecified atom stereocenters. The van der Waals surface area contributed by atoms with Gasteiger partial charge in [-0.05, 0) is 32.3 Å². The van der Waals surface area contributed by atoms with Crippen molar-refractivity contribution in [3.8, 4) is 11.8 Å². The number of nitrogens with zero attached hydrogens (tertiary/aromatic N) is 1. The quantitative estimate of drug-likeness (QED) is 0.800. The molecule has 1 rings (SSSR count). The summed E-state index contributed by atoms with van der Waals surface area (Å²) in [5.41, 5.74) is 1.02. The van der Waals surface area contributed by atoms with E-state index in [1.54, 1.807) is 11.3 Å². The maximum Gasteiger partial charge on any atom is 0.104 e. The van der Waals surface area contributed by atoms with Crippen molar-refractivity contribution >= 4 is 11.3 Å². The van der Waals surface area contributed by atoms with Gasteiger partial charge in [0.1, 0.15) is 6.61 Å². The normalized spacial score (nSPS) is 10.8. The van der Waals surface area contributed by atoms with E-state index >= 15 is 0 Å². The summed E-state index contributed by atoms with van der Waals surface area (Å²) >= 11 is 1.70.